The van der Waals surface area contributed by atoms with Crippen LogP contribution in [0.4, 0.5) is 0 Å². The zero-order valence-corrected chi connectivity index (χ0v) is 14.0. The van der Waals surface area contributed by atoms with Crippen LogP contribution in [0.25, 0.3) is 0 Å². The van der Waals surface area contributed by atoms with Crippen molar-refractivity contribution in [1.82, 2.24) is 10.2 Å². The molecule has 0 saturated carbocycles. The lowest BCUT2D eigenvalue weighted by molar-refractivity contribution is -0.120. The van der Waals surface area contributed by atoms with E-state index in [-0.39, 0.29) is 11.9 Å². The highest BCUT2D eigenvalue weighted by Gasteiger charge is 2.16. The molecule has 1 N–H and O–H groups in total. The van der Waals surface area contributed by atoms with Crippen LogP contribution < -0.4 is 10.1 Å². The van der Waals surface area contributed by atoms with Gasteiger partial charge in [-0.3, -0.25) is 4.79 Å². The molecule has 0 spiro atoms. The minimum absolute atomic E-state index is 0.0357. The number of methoxy groups -OCH3 is 1. The number of rotatable bonds is 7. The van der Waals surface area contributed by atoms with Crippen LogP contribution in [0.5, 0.6) is 5.75 Å². The molecule has 1 aromatic heterocycles. The van der Waals surface area contributed by atoms with Crippen LogP contribution in [0.1, 0.15) is 16.5 Å². The van der Waals surface area contributed by atoms with Crippen LogP contribution >= 0.6 is 11.3 Å². The minimum atomic E-state index is 0.0357. The molecule has 0 bridgehead atoms. The van der Waals surface area contributed by atoms with Crippen LogP contribution in [0.15, 0.2) is 41.8 Å². The second-order valence-corrected chi connectivity index (χ2v) is 6.30. The second-order valence-electron chi connectivity index (χ2n) is 5.32. The monoisotopic (exact) mass is 318 g/mol. The molecule has 1 heterocycles. The van der Waals surface area contributed by atoms with E-state index in [1.54, 1.807) is 18.4 Å². The Morgan fingerprint density at radius 3 is 2.55 bits per heavy atom. The number of nitrogens with zero attached hydrogens (tertiary/aromatic N) is 1. The zero-order valence-electron chi connectivity index (χ0n) is 13.2. The third kappa shape index (κ3) is 4.58. The fourth-order valence-electron chi connectivity index (χ4n) is 2.22. The third-order valence-electron chi connectivity index (χ3n) is 3.51. The number of hydrogen-bond acceptors (Lipinski definition) is 4. The molecule has 0 radical (unpaired) electrons. The Hall–Kier alpha value is -1.85. The molecule has 1 amide bonds. The van der Waals surface area contributed by atoms with Crippen LogP contribution in [0, 0.1) is 0 Å². The number of ether oxygens (including phenoxy) is 1. The minimum Gasteiger partial charge on any atom is -0.497 e. The maximum absolute atomic E-state index is 12.1. The molecule has 0 aliphatic carbocycles. The van der Waals surface area contributed by atoms with Crippen molar-refractivity contribution in [2.75, 3.05) is 27.7 Å². The summed E-state index contributed by atoms with van der Waals surface area (Å²) in [6, 6.07) is 11.9. The third-order valence-corrected chi connectivity index (χ3v) is 4.48. The predicted octanol–water partition coefficient (Wildman–Crippen LogP) is 2.72. The second kappa shape index (κ2) is 7.96. The fraction of sp³-hybridized carbons (Fsp3) is 0.353. The SMILES string of the molecule is COc1ccc(CC(=O)NCC(c2cccs2)N(C)C)cc1. The average molecular weight is 318 g/mol. The van der Waals surface area contributed by atoms with Gasteiger partial charge in [0, 0.05) is 11.4 Å². The summed E-state index contributed by atoms with van der Waals surface area (Å²) in [6.07, 6.45) is 0.384. The lowest BCUT2D eigenvalue weighted by Gasteiger charge is -2.23. The van der Waals surface area contributed by atoms with Crippen molar-refractivity contribution in [2.24, 2.45) is 0 Å². The van der Waals surface area contributed by atoms with Gasteiger partial charge in [-0.15, -0.1) is 11.3 Å². The molecule has 0 aliphatic heterocycles. The first-order valence-corrected chi connectivity index (χ1v) is 8.07. The topological polar surface area (TPSA) is 41.6 Å². The van der Waals surface area contributed by atoms with Crippen molar-refractivity contribution in [1.29, 1.82) is 0 Å². The lowest BCUT2D eigenvalue weighted by Crippen LogP contribution is -2.34. The molecule has 0 saturated heterocycles. The molecular weight excluding hydrogens is 296 g/mol. The molecule has 118 valence electrons. The summed E-state index contributed by atoms with van der Waals surface area (Å²) in [6.45, 7) is 0.614. The van der Waals surface area contributed by atoms with Gasteiger partial charge in [0.15, 0.2) is 0 Å². The van der Waals surface area contributed by atoms with Crippen molar-refractivity contribution in [3.63, 3.8) is 0 Å². The van der Waals surface area contributed by atoms with Gasteiger partial charge in [0.25, 0.3) is 0 Å². The van der Waals surface area contributed by atoms with Gasteiger partial charge in [0.05, 0.1) is 19.6 Å². The normalized spacial score (nSPS) is 12.2. The highest BCUT2D eigenvalue weighted by Crippen LogP contribution is 2.22. The summed E-state index contributed by atoms with van der Waals surface area (Å²) in [5.41, 5.74) is 0.982. The van der Waals surface area contributed by atoms with Crippen molar-refractivity contribution < 1.29 is 9.53 Å². The molecule has 0 aliphatic rings. The quantitative estimate of drug-likeness (QED) is 0.853. The number of thiophene rings is 1. The van der Waals surface area contributed by atoms with Gasteiger partial charge in [-0.2, -0.15) is 0 Å². The van der Waals surface area contributed by atoms with E-state index in [4.69, 9.17) is 4.74 Å². The Balaban J connectivity index is 1.88. The van der Waals surface area contributed by atoms with Crippen molar-refractivity contribution >= 4 is 17.2 Å². The van der Waals surface area contributed by atoms with Crippen LogP contribution in [0.3, 0.4) is 0 Å². The summed E-state index contributed by atoms with van der Waals surface area (Å²) in [5, 5.41) is 5.08. The van der Waals surface area contributed by atoms with Gasteiger partial charge in [-0.05, 0) is 43.2 Å². The summed E-state index contributed by atoms with van der Waals surface area (Å²) in [4.78, 5) is 15.5. The highest BCUT2D eigenvalue weighted by molar-refractivity contribution is 7.10. The lowest BCUT2D eigenvalue weighted by atomic mass is 10.1. The first-order valence-electron chi connectivity index (χ1n) is 7.19. The van der Waals surface area contributed by atoms with E-state index in [0.717, 1.165) is 11.3 Å². The number of nitrogens with one attached hydrogen (secondary N) is 1. The molecule has 4 nitrogen and oxygen atoms in total. The number of benzene rings is 1. The van der Waals surface area contributed by atoms with Gasteiger partial charge in [-0.1, -0.05) is 18.2 Å². The molecule has 0 fully saturated rings. The van der Waals surface area contributed by atoms with E-state index in [2.05, 4.69) is 21.7 Å². The summed E-state index contributed by atoms with van der Waals surface area (Å²) < 4.78 is 5.12. The molecule has 1 unspecified atom stereocenters. The zero-order chi connectivity index (χ0) is 15.9. The van der Waals surface area contributed by atoms with Crippen molar-refractivity contribution in [2.45, 2.75) is 12.5 Å². The number of likely N-dealkylation sites (N-methyl/N-ethyl adjacent to an activating group) is 1. The largest absolute Gasteiger partial charge is 0.497 e. The molecule has 5 heteroatoms. The van der Waals surface area contributed by atoms with Gasteiger partial charge >= 0.3 is 0 Å². The Bertz CT molecular complexity index is 579. The fourth-order valence-corrected chi connectivity index (χ4v) is 3.14. The molecule has 1 atom stereocenters. The first-order chi connectivity index (χ1) is 10.6. The number of amides is 1. The van der Waals surface area contributed by atoms with Crippen LogP contribution in [-0.2, 0) is 11.2 Å². The van der Waals surface area contributed by atoms with E-state index in [1.165, 1.54) is 4.88 Å². The number of carbonyl (C=O) groups excluding carboxylic acids is 1. The molecule has 2 rings (SSSR count). The molecule has 1 aromatic carbocycles. The number of carbonyl (C=O) groups is 1. The van der Waals surface area contributed by atoms with Crippen molar-refractivity contribution in [3.8, 4) is 5.75 Å². The first kappa shape index (κ1) is 16.5. The van der Waals surface area contributed by atoms with Crippen LogP contribution in [-0.4, -0.2) is 38.6 Å². The Kier molecular flexibility index (Phi) is 5.98. The molecular formula is C17H22N2O2S. The standard InChI is InChI=1S/C17H22N2O2S/c1-19(2)15(16-5-4-10-22-16)12-18-17(20)11-13-6-8-14(21-3)9-7-13/h4-10,15H,11-12H2,1-3H3,(H,18,20). The highest BCUT2D eigenvalue weighted by atomic mass is 32.1. The van der Waals surface area contributed by atoms with E-state index < -0.39 is 0 Å². The van der Waals surface area contributed by atoms with Gasteiger partial charge in [-0.25, -0.2) is 0 Å². The van der Waals surface area contributed by atoms with E-state index in [9.17, 15) is 4.79 Å². The van der Waals surface area contributed by atoms with Crippen LogP contribution in [0.2, 0.25) is 0 Å². The smallest absolute Gasteiger partial charge is 0.224 e. The maximum Gasteiger partial charge on any atom is 0.224 e. The summed E-state index contributed by atoms with van der Waals surface area (Å²) >= 11 is 1.71. The van der Waals surface area contributed by atoms with Crippen molar-refractivity contribution in [3.05, 3.63) is 52.2 Å². The average Bonchev–Trinajstić information content (AvgIpc) is 3.02. The summed E-state index contributed by atoms with van der Waals surface area (Å²) in [7, 11) is 5.69. The van der Waals surface area contributed by atoms with Gasteiger partial charge in [0.2, 0.25) is 5.91 Å². The Morgan fingerprint density at radius 1 is 1.27 bits per heavy atom. The maximum atomic E-state index is 12.1. The van der Waals surface area contributed by atoms with Gasteiger partial charge < -0.3 is 15.0 Å². The van der Waals surface area contributed by atoms with E-state index >= 15 is 0 Å². The summed E-state index contributed by atoms with van der Waals surface area (Å²) in [5.74, 6) is 0.836. The number of hydrogen-bond donors (Lipinski definition) is 1. The van der Waals surface area contributed by atoms with E-state index in [0.29, 0.717) is 13.0 Å². The molecule has 22 heavy (non-hydrogen) atoms. The van der Waals surface area contributed by atoms with Gasteiger partial charge in [0.1, 0.15) is 5.75 Å². The molecule has 2 aromatic rings. The Labute approximate surface area is 135 Å². The van der Waals surface area contributed by atoms with E-state index in [1.807, 2.05) is 44.4 Å². The predicted molar refractivity (Wildman–Crippen MR) is 90.5 cm³/mol. The Morgan fingerprint density at radius 2 is 2.00 bits per heavy atom.